The number of phosphoric ester groups is 2. The molecule has 20 nitrogen and oxygen atoms in total. The van der Waals surface area contributed by atoms with Crippen molar-refractivity contribution in [3.8, 4) is 0 Å². The highest BCUT2D eigenvalue weighted by molar-refractivity contribution is 7.47. The molecule has 3 aliphatic rings. The van der Waals surface area contributed by atoms with Crippen LogP contribution in [-0.2, 0) is 36.7 Å². The Morgan fingerprint density at radius 3 is 2.07 bits per heavy atom. The fraction of sp³-hybridized carbons (Fsp3) is 0.550. The molecular formula is C20H25N7O13P2. The van der Waals surface area contributed by atoms with E-state index in [1.54, 1.807) is 0 Å². The minimum atomic E-state index is -4.81. The van der Waals surface area contributed by atoms with Crippen molar-refractivity contribution in [1.82, 2.24) is 29.1 Å². The summed E-state index contributed by atoms with van der Waals surface area (Å²) >= 11 is 0. The maximum Gasteiger partial charge on any atom is 0.472 e. The van der Waals surface area contributed by atoms with Gasteiger partial charge in [-0.15, -0.1) is 0 Å². The number of nitrogens with two attached hydrogens (primary N) is 1. The lowest BCUT2D eigenvalue weighted by Crippen LogP contribution is -2.33. The number of H-pyrrole nitrogens is 2. The smallest absolute Gasteiger partial charge is 0.369 e. The van der Waals surface area contributed by atoms with Gasteiger partial charge < -0.3 is 25.0 Å². The molecule has 3 fully saturated rings. The van der Waals surface area contributed by atoms with E-state index >= 15 is 0 Å². The van der Waals surface area contributed by atoms with Crippen molar-refractivity contribution in [2.45, 2.75) is 56.6 Å². The molecule has 0 aliphatic carbocycles. The van der Waals surface area contributed by atoms with Gasteiger partial charge in [-0.05, 0) is 6.92 Å². The predicted octanol–water partition coefficient (Wildman–Crippen LogP) is -0.847. The number of imidazole rings is 1. The zero-order valence-electron chi connectivity index (χ0n) is 21.6. The summed E-state index contributed by atoms with van der Waals surface area (Å²) in [7, 11) is -9.62. The van der Waals surface area contributed by atoms with Crippen LogP contribution in [0, 0.1) is 6.92 Å². The van der Waals surface area contributed by atoms with Crippen LogP contribution in [0.5, 0.6) is 0 Å². The number of nitrogen functional groups attached to an aromatic ring is 1. The number of aromatic amines is 2. The molecule has 0 bridgehead atoms. The number of fused-ring (bicyclic) bond motifs is 3. The molecule has 6 N–H and O–H groups in total. The van der Waals surface area contributed by atoms with Crippen LogP contribution in [0.2, 0.25) is 0 Å². The lowest BCUT2D eigenvalue weighted by molar-refractivity contribution is -0.0670. The van der Waals surface area contributed by atoms with Crippen molar-refractivity contribution >= 4 is 32.8 Å². The Labute approximate surface area is 233 Å². The van der Waals surface area contributed by atoms with Crippen LogP contribution in [0.3, 0.4) is 0 Å². The van der Waals surface area contributed by atoms with Gasteiger partial charge in [0.15, 0.2) is 11.2 Å². The van der Waals surface area contributed by atoms with Crippen molar-refractivity contribution in [2.24, 2.45) is 0 Å². The van der Waals surface area contributed by atoms with Gasteiger partial charge >= 0.3 is 21.3 Å². The average molecular weight is 633 g/mol. The SMILES string of the molecule is Cc1cn([C@H]2C[C@@H]3OP(=O)(O)OC[C@H]4O[C@@H](n5cnc6c(=O)[nH]c(N)nc65)C[C@@H]4OP(=O)(O)OC[C@H]3O2)c(=O)[nH]c1=O. The van der Waals surface area contributed by atoms with E-state index in [9.17, 15) is 33.3 Å². The second-order valence-electron chi connectivity index (χ2n) is 9.80. The number of nitrogens with zero attached hydrogens (tertiary/aromatic N) is 4. The number of hydrogen-bond acceptors (Lipinski definition) is 14. The first-order valence-electron chi connectivity index (χ1n) is 12.5. The van der Waals surface area contributed by atoms with Crippen LogP contribution < -0.4 is 22.5 Å². The quantitative estimate of drug-likeness (QED) is 0.215. The molecule has 3 aromatic heterocycles. The monoisotopic (exact) mass is 633 g/mol. The molecule has 2 unspecified atom stereocenters. The zero-order valence-corrected chi connectivity index (χ0v) is 23.4. The highest BCUT2D eigenvalue weighted by Crippen LogP contribution is 2.53. The topological polar surface area (TPSA) is 274 Å². The summed E-state index contributed by atoms with van der Waals surface area (Å²) in [5, 5.41) is 0. The van der Waals surface area contributed by atoms with E-state index in [0.29, 0.717) is 0 Å². The Kier molecular flexibility index (Phi) is 7.33. The molecule has 3 saturated heterocycles. The number of anilines is 1. The molecular weight excluding hydrogens is 608 g/mol. The lowest BCUT2D eigenvalue weighted by Gasteiger charge is -2.26. The van der Waals surface area contributed by atoms with E-state index in [1.807, 2.05) is 0 Å². The van der Waals surface area contributed by atoms with Gasteiger partial charge in [-0.2, -0.15) is 4.98 Å². The van der Waals surface area contributed by atoms with Crippen LogP contribution >= 0.6 is 15.6 Å². The molecule has 228 valence electrons. The summed E-state index contributed by atoms with van der Waals surface area (Å²) in [6, 6.07) is 0. The standard InChI is InChI=1S/C20H25N7O13P2/c1-8-4-26(20(30)25-17(8)28)13-2-9-11(37-13)5-35-42(33,34)40-10-3-14(38-12(10)6-36-41(31,32)39-9)27-7-22-15-16(27)23-19(21)24-18(15)29/h4,7,9-14H,2-3,5-6H2,1H3,(H,31,32)(H,33,34)(H,25,28,30)(H3,21,23,24,29)/t9-,10-,11+,12+,13+,14+/m0/s1. The second kappa shape index (κ2) is 10.6. The lowest BCUT2D eigenvalue weighted by atomic mass is 10.2. The summed E-state index contributed by atoms with van der Waals surface area (Å²) in [4.78, 5) is 69.8. The second-order valence-corrected chi connectivity index (χ2v) is 12.6. The molecule has 6 rings (SSSR count). The van der Waals surface area contributed by atoms with Crippen molar-refractivity contribution < 1.29 is 46.5 Å². The normalized spacial score (nSPS) is 35.8. The van der Waals surface area contributed by atoms with E-state index in [2.05, 4.69) is 19.9 Å². The summed E-state index contributed by atoms with van der Waals surface area (Å²) < 4.78 is 61.0. The highest BCUT2D eigenvalue weighted by Gasteiger charge is 2.47. The highest BCUT2D eigenvalue weighted by atomic mass is 31.2. The minimum absolute atomic E-state index is 0.0376. The molecule has 22 heteroatoms. The first kappa shape index (κ1) is 29.1. The number of rotatable bonds is 2. The van der Waals surface area contributed by atoms with Gasteiger partial charge in [-0.3, -0.25) is 46.8 Å². The van der Waals surface area contributed by atoms with Gasteiger partial charge in [-0.25, -0.2) is 18.9 Å². The number of nitrogens with one attached hydrogen (secondary N) is 2. The first-order chi connectivity index (χ1) is 19.8. The molecule has 6 heterocycles. The predicted molar refractivity (Wildman–Crippen MR) is 137 cm³/mol. The third-order valence-electron chi connectivity index (χ3n) is 6.92. The van der Waals surface area contributed by atoms with Crippen LogP contribution in [0.25, 0.3) is 11.2 Å². The van der Waals surface area contributed by atoms with E-state index < -0.39 is 82.5 Å². The van der Waals surface area contributed by atoms with Crippen molar-refractivity contribution in [1.29, 1.82) is 0 Å². The van der Waals surface area contributed by atoms with E-state index in [-0.39, 0.29) is 35.5 Å². The summed E-state index contributed by atoms with van der Waals surface area (Å²) in [5.74, 6) is -0.180. The van der Waals surface area contributed by atoms with Crippen molar-refractivity contribution in [3.05, 3.63) is 49.3 Å². The molecule has 0 aromatic carbocycles. The van der Waals surface area contributed by atoms with Crippen LogP contribution in [-0.4, -0.2) is 76.5 Å². The molecule has 3 aliphatic heterocycles. The van der Waals surface area contributed by atoms with Gasteiger partial charge in [0.1, 0.15) is 36.9 Å². The van der Waals surface area contributed by atoms with Crippen molar-refractivity contribution in [2.75, 3.05) is 18.9 Å². The number of aromatic nitrogens is 6. The van der Waals surface area contributed by atoms with Gasteiger partial charge in [0.2, 0.25) is 5.95 Å². The largest absolute Gasteiger partial charge is 0.472 e. The molecule has 8 atom stereocenters. The van der Waals surface area contributed by atoms with Gasteiger partial charge in [0.25, 0.3) is 11.1 Å². The molecule has 0 spiro atoms. The Morgan fingerprint density at radius 2 is 1.48 bits per heavy atom. The Bertz CT molecular complexity index is 1800. The van der Waals surface area contributed by atoms with E-state index in [1.165, 1.54) is 24.0 Å². The summed E-state index contributed by atoms with van der Waals surface area (Å²) in [6.07, 6.45) is -4.72. The summed E-state index contributed by atoms with van der Waals surface area (Å²) in [5.41, 5.74) is 3.87. The molecule has 3 aromatic rings. The number of phosphoric acid groups is 2. The average Bonchev–Trinajstić information content (AvgIpc) is 3.60. The zero-order chi connectivity index (χ0) is 30.0. The molecule has 0 radical (unpaired) electrons. The van der Waals surface area contributed by atoms with Crippen LogP contribution in [0.4, 0.5) is 5.95 Å². The third-order valence-corrected chi connectivity index (χ3v) is 8.94. The van der Waals surface area contributed by atoms with Gasteiger partial charge in [0.05, 0.1) is 19.5 Å². The molecule has 0 amide bonds. The van der Waals surface area contributed by atoms with Crippen molar-refractivity contribution in [3.63, 3.8) is 0 Å². The fourth-order valence-electron chi connectivity index (χ4n) is 4.96. The number of ether oxygens (including phenoxy) is 2. The number of aryl methyl sites for hydroxylation is 1. The van der Waals surface area contributed by atoms with E-state index in [4.69, 9.17) is 33.3 Å². The van der Waals surface area contributed by atoms with Gasteiger partial charge in [0, 0.05) is 24.6 Å². The Hall–Kier alpha value is -3.03. The van der Waals surface area contributed by atoms with Gasteiger partial charge in [-0.1, -0.05) is 0 Å². The maximum atomic E-state index is 12.9. The minimum Gasteiger partial charge on any atom is -0.369 e. The fourth-order valence-corrected chi connectivity index (χ4v) is 6.88. The third kappa shape index (κ3) is 5.66. The molecule has 42 heavy (non-hydrogen) atoms. The van der Waals surface area contributed by atoms with Crippen LogP contribution in [0.15, 0.2) is 26.9 Å². The Balaban J connectivity index is 1.24. The first-order valence-corrected chi connectivity index (χ1v) is 15.4. The maximum absolute atomic E-state index is 12.9. The molecule has 0 saturated carbocycles. The summed E-state index contributed by atoms with van der Waals surface area (Å²) in [6.45, 7) is 0.192. The Morgan fingerprint density at radius 1 is 0.905 bits per heavy atom. The van der Waals surface area contributed by atoms with E-state index in [0.717, 1.165) is 4.57 Å². The van der Waals surface area contributed by atoms with Crippen LogP contribution in [0.1, 0.15) is 30.9 Å². The number of hydrogen-bond donors (Lipinski definition) is 5.